The van der Waals surface area contributed by atoms with Crippen molar-refractivity contribution in [3.8, 4) is 0 Å². The lowest BCUT2D eigenvalue weighted by Gasteiger charge is -2.17. The highest BCUT2D eigenvalue weighted by Gasteiger charge is 2.15. The Hall–Kier alpha value is -1.57. The third kappa shape index (κ3) is 5.22. The Morgan fingerprint density at radius 1 is 1.12 bits per heavy atom. The van der Waals surface area contributed by atoms with Crippen molar-refractivity contribution in [1.29, 1.82) is 0 Å². The molecule has 6 heteroatoms. The van der Waals surface area contributed by atoms with E-state index in [1.54, 1.807) is 0 Å². The lowest BCUT2D eigenvalue weighted by Crippen LogP contribution is -2.43. The van der Waals surface area contributed by atoms with Gasteiger partial charge in [0.25, 0.3) is 0 Å². The lowest BCUT2D eigenvalue weighted by molar-refractivity contribution is 0.615. The Kier molecular flexibility index (Phi) is 7.55. The summed E-state index contributed by atoms with van der Waals surface area (Å²) in [7, 11) is 1.82. The van der Waals surface area contributed by atoms with E-state index in [0.717, 1.165) is 35.8 Å². The van der Waals surface area contributed by atoms with E-state index in [2.05, 4.69) is 38.1 Å². The summed E-state index contributed by atoms with van der Waals surface area (Å²) in [6.45, 7) is 1.61. The van der Waals surface area contributed by atoms with Crippen LogP contribution in [0.2, 0.25) is 0 Å². The first kappa shape index (κ1) is 18.8. The van der Waals surface area contributed by atoms with Gasteiger partial charge >= 0.3 is 0 Å². The largest absolute Gasteiger partial charge is 0.368 e. The van der Waals surface area contributed by atoms with E-state index in [4.69, 9.17) is 0 Å². The summed E-state index contributed by atoms with van der Waals surface area (Å²) in [6.07, 6.45) is 5.15. The zero-order chi connectivity index (χ0) is 15.9. The normalized spacial score (nSPS) is 15.1. The van der Waals surface area contributed by atoms with Crippen molar-refractivity contribution >= 4 is 46.7 Å². The number of para-hydroxylation sites is 1. The van der Waals surface area contributed by atoms with Crippen molar-refractivity contribution in [3.05, 3.63) is 36.4 Å². The number of benzene rings is 1. The molecule has 1 saturated carbocycles. The van der Waals surface area contributed by atoms with Crippen molar-refractivity contribution in [2.24, 2.45) is 4.99 Å². The topological polar surface area (TPSA) is 61.3 Å². The van der Waals surface area contributed by atoms with Crippen LogP contribution in [0.1, 0.15) is 25.7 Å². The molecule has 0 aliphatic heterocycles. The van der Waals surface area contributed by atoms with Crippen LogP contribution in [0.15, 0.2) is 41.4 Å². The molecule has 2 aromatic rings. The molecule has 1 aromatic heterocycles. The minimum Gasteiger partial charge on any atom is -0.368 e. The molecule has 0 unspecified atom stereocenters. The van der Waals surface area contributed by atoms with Crippen molar-refractivity contribution < 1.29 is 0 Å². The SMILES string of the molecule is CN=C(NCCNc1ccc2ccccc2n1)NC1CCCC1.I. The van der Waals surface area contributed by atoms with Gasteiger partial charge in [0.1, 0.15) is 5.82 Å². The van der Waals surface area contributed by atoms with Gasteiger partial charge in [-0.25, -0.2) is 4.98 Å². The van der Waals surface area contributed by atoms with Gasteiger partial charge in [-0.1, -0.05) is 31.0 Å². The van der Waals surface area contributed by atoms with Crippen LogP contribution in [0.5, 0.6) is 0 Å². The average molecular weight is 439 g/mol. The van der Waals surface area contributed by atoms with Gasteiger partial charge < -0.3 is 16.0 Å². The summed E-state index contributed by atoms with van der Waals surface area (Å²) < 4.78 is 0. The summed E-state index contributed by atoms with van der Waals surface area (Å²) in [6, 6.07) is 12.9. The highest BCUT2D eigenvalue weighted by atomic mass is 127. The zero-order valence-electron chi connectivity index (χ0n) is 14.1. The molecule has 1 aliphatic carbocycles. The van der Waals surface area contributed by atoms with Crippen LogP contribution in [0, 0.1) is 0 Å². The van der Waals surface area contributed by atoms with Gasteiger partial charge in [0.05, 0.1) is 5.52 Å². The van der Waals surface area contributed by atoms with Crippen LogP contribution in [0.4, 0.5) is 5.82 Å². The van der Waals surface area contributed by atoms with Crippen LogP contribution in [0.3, 0.4) is 0 Å². The van der Waals surface area contributed by atoms with Gasteiger partial charge in [0, 0.05) is 31.6 Å². The van der Waals surface area contributed by atoms with Gasteiger partial charge in [0.2, 0.25) is 0 Å². The number of rotatable bonds is 5. The number of pyridine rings is 1. The second-order valence-corrected chi connectivity index (χ2v) is 5.94. The molecule has 0 saturated heterocycles. The van der Waals surface area contributed by atoms with E-state index in [9.17, 15) is 0 Å². The van der Waals surface area contributed by atoms with E-state index in [-0.39, 0.29) is 24.0 Å². The Balaban J connectivity index is 0.00000208. The van der Waals surface area contributed by atoms with Crippen LogP contribution < -0.4 is 16.0 Å². The van der Waals surface area contributed by atoms with Crippen molar-refractivity contribution in [2.45, 2.75) is 31.7 Å². The number of halogens is 1. The standard InChI is InChI=1S/C18H25N5.HI/c1-19-18(22-15-7-3-4-8-15)21-13-12-20-17-11-10-14-6-2-5-9-16(14)23-17;/h2,5-6,9-11,15H,3-4,7-8,12-13H2,1H3,(H,20,23)(H2,19,21,22);1H. The first-order valence-corrected chi connectivity index (χ1v) is 8.42. The number of aromatic nitrogens is 1. The monoisotopic (exact) mass is 439 g/mol. The molecule has 0 amide bonds. The summed E-state index contributed by atoms with van der Waals surface area (Å²) in [5.74, 6) is 1.80. The summed E-state index contributed by atoms with van der Waals surface area (Å²) >= 11 is 0. The maximum absolute atomic E-state index is 4.61. The zero-order valence-corrected chi connectivity index (χ0v) is 16.4. The van der Waals surface area contributed by atoms with Gasteiger partial charge in [-0.15, -0.1) is 24.0 Å². The lowest BCUT2D eigenvalue weighted by atomic mass is 10.2. The van der Waals surface area contributed by atoms with E-state index in [1.165, 1.54) is 25.7 Å². The van der Waals surface area contributed by atoms with Gasteiger partial charge in [-0.2, -0.15) is 0 Å². The molecule has 1 heterocycles. The van der Waals surface area contributed by atoms with Crippen molar-refractivity contribution in [3.63, 3.8) is 0 Å². The number of nitrogens with zero attached hydrogens (tertiary/aromatic N) is 2. The molecule has 3 rings (SSSR count). The summed E-state index contributed by atoms with van der Waals surface area (Å²) in [5.41, 5.74) is 1.02. The average Bonchev–Trinajstić information content (AvgIpc) is 3.10. The first-order valence-electron chi connectivity index (χ1n) is 8.42. The Morgan fingerprint density at radius 3 is 2.71 bits per heavy atom. The fraction of sp³-hybridized carbons (Fsp3) is 0.444. The van der Waals surface area contributed by atoms with Gasteiger partial charge in [0.15, 0.2) is 5.96 Å². The van der Waals surface area contributed by atoms with Crippen molar-refractivity contribution in [1.82, 2.24) is 15.6 Å². The second kappa shape index (κ2) is 9.66. The Labute approximate surface area is 160 Å². The molecule has 1 aromatic carbocycles. The third-order valence-corrected chi connectivity index (χ3v) is 4.24. The second-order valence-electron chi connectivity index (χ2n) is 5.94. The fourth-order valence-electron chi connectivity index (χ4n) is 2.99. The molecule has 5 nitrogen and oxygen atoms in total. The predicted octanol–water partition coefficient (Wildman–Crippen LogP) is 3.37. The minimum absolute atomic E-state index is 0. The molecule has 0 spiro atoms. The Morgan fingerprint density at radius 2 is 1.92 bits per heavy atom. The number of nitrogens with one attached hydrogen (secondary N) is 3. The molecule has 3 N–H and O–H groups in total. The summed E-state index contributed by atoms with van der Waals surface area (Å²) in [4.78, 5) is 8.90. The first-order chi connectivity index (χ1) is 11.3. The van der Waals surface area contributed by atoms with E-state index in [0.29, 0.717) is 6.04 Å². The smallest absolute Gasteiger partial charge is 0.191 e. The van der Waals surface area contributed by atoms with Gasteiger partial charge in [-0.3, -0.25) is 4.99 Å². The number of hydrogen-bond acceptors (Lipinski definition) is 3. The van der Waals surface area contributed by atoms with Crippen LogP contribution >= 0.6 is 24.0 Å². The quantitative estimate of drug-likeness (QED) is 0.290. The highest BCUT2D eigenvalue weighted by molar-refractivity contribution is 14.0. The minimum atomic E-state index is 0. The maximum Gasteiger partial charge on any atom is 0.191 e. The molecule has 130 valence electrons. The molecular weight excluding hydrogens is 413 g/mol. The molecule has 0 atom stereocenters. The van der Waals surface area contributed by atoms with E-state index >= 15 is 0 Å². The maximum atomic E-state index is 4.61. The molecule has 0 bridgehead atoms. The highest BCUT2D eigenvalue weighted by Crippen LogP contribution is 2.17. The number of fused-ring (bicyclic) bond motifs is 1. The van der Waals surface area contributed by atoms with Crippen LogP contribution in [0.25, 0.3) is 10.9 Å². The number of anilines is 1. The molecular formula is C18H26IN5. The van der Waals surface area contributed by atoms with E-state index in [1.807, 2.05) is 31.3 Å². The third-order valence-electron chi connectivity index (χ3n) is 4.24. The fourth-order valence-corrected chi connectivity index (χ4v) is 2.99. The molecule has 24 heavy (non-hydrogen) atoms. The number of guanidine groups is 1. The van der Waals surface area contributed by atoms with Crippen molar-refractivity contribution in [2.75, 3.05) is 25.5 Å². The van der Waals surface area contributed by atoms with Crippen LogP contribution in [-0.2, 0) is 0 Å². The molecule has 0 radical (unpaired) electrons. The molecule has 1 aliphatic rings. The molecule has 1 fully saturated rings. The Bertz CT molecular complexity index is 667. The predicted molar refractivity (Wildman–Crippen MR) is 112 cm³/mol. The number of hydrogen-bond donors (Lipinski definition) is 3. The summed E-state index contributed by atoms with van der Waals surface area (Å²) in [5, 5.41) is 11.4. The van der Waals surface area contributed by atoms with Crippen LogP contribution in [-0.4, -0.2) is 37.1 Å². The number of aliphatic imine (C=N–C) groups is 1. The van der Waals surface area contributed by atoms with Gasteiger partial charge in [-0.05, 0) is 31.0 Å². The van der Waals surface area contributed by atoms with E-state index < -0.39 is 0 Å².